The average molecular weight is 378 g/mol. The first kappa shape index (κ1) is 20.1. The van der Waals surface area contributed by atoms with Crippen molar-refractivity contribution in [1.82, 2.24) is 20.2 Å². The summed E-state index contributed by atoms with van der Waals surface area (Å²) in [5, 5.41) is 11.2. The fourth-order valence-electron chi connectivity index (χ4n) is 2.19. The molecule has 0 spiro atoms. The fourth-order valence-corrected chi connectivity index (χ4v) is 3.00. The van der Waals surface area contributed by atoms with Crippen molar-refractivity contribution >= 4 is 17.7 Å². The molecule has 3 N–H and O–H groups in total. The van der Waals surface area contributed by atoms with Gasteiger partial charge in [0.2, 0.25) is 11.1 Å². The summed E-state index contributed by atoms with van der Waals surface area (Å²) in [4.78, 5) is 12.0. The van der Waals surface area contributed by atoms with Crippen LogP contribution in [-0.4, -0.2) is 32.6 Å². The van der Waals surface area contributed by atoms with Crippen molar-refractivity contribution in [2.75, 3.05) is 12.4 Å². The number of nitrogens with one attached hydrogen (secondary N) is 1. The van der Waals surface area contributed by atoms with Crippen molar-refractivity contribution in [1.29, 1.82) is 0 Å². The van der Waals surface area contributed by atoms with Gasteiger partial charge in [-0.05, 0) is 37.0 Å². The molecule has 0 radical (unpaired) electrons. The normalized spacial score (nSPS) is 12.2. The van der Waals surface area contributed by atoms with Gasteiger partial charge in [0.1, 0.15) is 12.4 Å². The number of nitrogens with two attached hydrogens (primary N) is 1. The lowest BCUT2D eigenvalue weighted by Crippen LogP contribution is -2.31. The van der Waals surface area contributed by atoms with Crippen molar-refractivity contribution in [2.24, 2.45) is 0 Å². The highest BCUT2D eigenvalue weighted by molar-refractivity contribution is 8.00. The van der Waals surface area contributed by atoms with E-state index in [4.69, 9.17) is 10.6 Å². The van der Waals surface area contributed by atoms with Crippen molar-refractivity contribution in [2.45, 2.75) is 57.0 Å². The number of rotatable bonds is 9. The molecule has 1 heterocycles. The molecule has 0 aliphatic rings. The first-order valence-electron chi connectivity index (χ1n) is 8.78. The van der Waals surface area contributed by atoms with Gasteiger partial charge in [-0.15, -0.1) is 10.2 Å². The molecule has 0 aliphatic carbocycles. The van der Waals surface area contributed by atoms with Gasteiger partial charge in [-0.25, -0.2) is 4.68 Å². The Labute approximate surface area is 158 Å². The number of thioether (sulfide) groups is 1. The van der Waals surface area contributed by atoms with Crippen LogP contribution in [0.5, 0.6) is 5.75 Å². The van der Waals surface area contributed by atoms with Gasteiger partial charge in [-0.3, -0.25) is 4.79 Å². The first-order chi connectivity index (χ1) is 12.4. The fraction of sp³-hybridized carbons (Fsp3) is 0.500. The molecule has 0 fully saturated rings. The Kier molecular flexibility index (Phi) is 7.32. The Morgan fingerprint density at radius 2 is 1.96 bits per heavy atom. The van der Waals surface area contributed by atoms with E-state index in [-0.39, 0.29) is 17.8 Å². The predicted octanol–water partition coefficient (Wildman–Crippen LogP) is 2.70. The van der Waals surface area contributed by atoms with Crippen molar-refractivity contribution in [3.8, 4) is 5.75 Å². The number of nitrogen functional groups attached to an aromatic ring is 1. The molecule has 1 aromatic heterocycles. The third kappa shape index (κ3) is 5.39. The minimum Gasteiger partial charge on any atom is -0.486 e. The first-order valence-corrected chi connectivity index (χ1v) is 9.66. The van der Waals surface area contributed by atoms with Crippen molar-refractivity contribution in [3.05, 3.63) is 35.7 Å². The molecule has 0 saturated carbocycles. The van der Waals surface area contributed by atoms with Crippen LogP contribution in [0.1, 0.15) is 51.4 Å². The number of aromatic nitrogens is 3. The molecule has 0 bridgehead atoms. The predicted molar refractivity (Wildman–Crippen MR) is 104 cm³/mol. The quantitative estimate of drug-likeness (QED) is 0.515. The lowest BCUT2D eigenvalue weighted by Gasteiger charge is -2.11. The SMILES string of the molecule is CCCNC(=O)[C@H](C)Sc1nnc(COc2ccc(C(C)C)cc2)n1N. The van der Waals surface area contributed by atoms with Gasteiger partial charge in [-0.1, -0.05) is 44.7 Å². The highest BCUT2D eigenvalue weighted by Gasteiger charge is 2.19. The van der Waals surface area contributed by atoms with Crippen LogP contribution in [0.2, 0.25) is 0 Å². The summed E-state index contributed by atoms with van der Waals surface area (Å²) in [6.45, 7) is 8.99. The summed E-state index contributed by atoms with van der Waals surface area (Å²) in [5.74, 6) is 7.73. The Morgan fingerprint density at radius 3 is 2.58 bits per heavy atom. The molecule has 0 unspecified atom stereocenters. The van der Waals surface area contributed by atoms with Gasteiger partial charge < -0.3 is 15.9 Å². The smallest absolute Gasteiger partial charge is 0.233 e. The van der Waals surface area contributed by atoms with Crippen LogP contribution in [-0.2, 0) is 11.4 Å². The van der Waals surface area contributed by atoms with E-state index >= 15 is 0 Å². The van der Waals surface area contributed by atoms with Crippen LogP contribution in [0.3, 0.4) is 0 Å². The van der Waals surface area contributed by atoms with E-state index in [1.165, 1.54) is 22.0 Å². The molecule has 2 aromatic rings. The Morgan fingerprint density at radius 1 is 1.27 bits per heavy atom. The Balaban J connectivity index is 1.92. The van der Waals surface area contributed by atoms with E-state index in [9.17, 15) is 4.79 Å². The van der Waals surface area contributed by atoms with Gasteiger partial charge in [0.25, 0.3) is 0 Å². The number of carbonyl (C=O) groups is 1. The molecule has 0 saturated heterocycles. The van der Waals surface area contributed by atoms with Crippen molar-refractivity contribution < 1.29 is 9.53 Å². The van der Waals surface area contributed by atoms with Gasteiger partial charge >= 0.3 is 0 Å². The second-order valence-electron chi connectivity index (χ2n) is 6.33. The molecular formula is C18H27N5O2S. The molecule has 1 atom stereocenters. The van der Waals surface area contributed by atoms with E-state index in [0.717, 1.165) is 12.2 Å². The second kappa shape index (κ2) is 9.47. The Hall–Kier alpha value is -2.22. The zero-order valence-corrected chi connectivity index (χ0v) is 16.5. The van der Waals surface area contributed by atoms with Gasteiger partial charge in [0.15, 0.2) is 5.82 Å². The van der Waals surface area contributed by atoms with Gasteiger partial charge in [0, 0.05) is 6.54 Å². The number of amides is 1. The third-order valence-electron chi connectivity index (χ3n) is 3.85. The van der Waals surface area contributed by atoms with Crippen LogP contribution in [0.15, 0.2) is 29.4 Å². The minimum absolute atomic E-state index is 0.0390. The minimum atomic E-state index is -0.301. The van der Waals surface area contributed by atoms with Crippen LogP contribution < -0.4 is 15.9 Å². The number of hydrogen-bond donors (Lipinski definition) is 2. The highest BCUT2D eigenvalue weighted by atomic mass is 32.2. The maximum absolute atomic E-state index is 12.0. The zero-order valence-electron chi connectivity index (χ0n) is 15.7. The maximum atomic E-state index is 12.0. The van der Waals surface area contributed by atoms with E-state index in [1.807, 2.05) is 38.1 Å². The second-order valence-corrected chi connectivity index (χ2v) is 7.64. The lowest BCUT2D eigenvalue weighted by atomic mass is 10.0. The van der Waals surface area contributed by atoms with Crippen LogP contribution >= 0.6 is 11.8 Å². The zero-order chi connectivity index (χ0) is 19.1. The van der Waals surface area contributed by atoms with E-state index < -0.39 is 0 Å². The van der Waals surface area contributed by atoms with Crippen molar-refractivity contribution in [3.63, 3.8) is 0 Å². The largest absolute Gasteiger partial charge is 0.486 e. The molecule has 142 valence electrons. The number of hydrogen-bond acceptors (Lipinski definition) is 6. The molecule has 1 amide bonds. The topological polar surface area (TPSA) is 95.1 Å². The van der Waals surface area contributed by atoms with E-state index in [1.54, 1.807) is 0 Å². The maximum Gasteiger partial charge on any atom is 0.233 e. The van der Waals surface area contributed by atoms with Crippen LogP contribution in [0, 0.1) is 0 Å². The van der Waals surface area contributed by atoms with E-state index in [2.05, 4.69) is 29.4 Å². The number of benzene rings is 1. The van der Waals surface area contributed by atoms with Crippen LogP contribution in [0.25, 0.3) is 0 Å². The lowest BCUT2D eigenvalue weighted by molar-refractivity contribution is -0.120. The summed E-state index contributed by atoms with van der Waals surface area (Å²) in [7, 11) is 0. The average Bonchev–Trinajstić information content (AvgIpc) is 2.98. The number of ether oxygens (including phenoxy) is 1. The summed E-state index contributed by atoms with van der Waals surface area (Å²) in [6, 6.07) is 7.96. The molecule has 7 nitrogen and oxygen atoms in total. The highest BCUT2D eigenvalue weighted by Crippen LogP contribution is 2.22. The van der Waals surface area contributed by atoms with Crippen LogP contribution in [0.4, 0.5) is 0 Å². The molecule has 1 aromatic carbocycles. The summed E-state index contributed by atoms with van der Waals surface area (Å²) in [5.41, 5.74) is 1.26. The van der Waals surface area contributed by atoms with E-state index in [0.29, 0.717) is 23.4 Å². The summed E-state index contributed by atoms with van der Waals surface area (Å²) in [6.07, 6.45) is 0.899. The molecule has 8 heteroatoms. The Bertz CT molecular complexity index is 715. The number of nitrogens with zero attached hydrogens (tertiary/aromatic N) is 3. The standard InChI is InChI=1S/C18H27N5O2S/c1-5-10-20-17(24)13(4)26-18-22-21-16(23(18)19)11-25-15-8-6-14(7-9-15)12(2)3/h6-9,12-13H,5,10-11,19H2,1-4H3,(H,20,24)/t13-/m0/s1. The monoisotopic (exact) mass is 377 g/mol. The van der Waals surface area contributed by atoms with Gasteiger partial charge in [0.05, 0.1) is 5.25 Å². The molecular weight excluding hydrogens is 350 g/mol. The molecule has 2 rings (SSSR count). The summed E-state index contributed by atoms with van der Waals surface area (Å²) >= 11 is 1.27. The third-order valence-corrected chi connectivity index (χ3v) is 4.91. The molecule has 0 aliphatic heterocycles. The van der Waals surface area contributed by atoms with Gasteiger partial charge in [-0.2, -0.15) is 0 Å². The number of carbonyl (C=O) groups excluding carboxylic acids is 1. The molecule has 26 heavy (non-hydrogen) atoms. The summed E-state index contributed by atoms with van der Waals surface area (Å²) < 4.78 is 7.11.